The van der Waals surface area contributed by atoms with E-state index < -0.39 is 0 Å². The van der Waals surface area contributed by atoms with Crippen LogP contribution in [0.3, 0.4) is 0 Å². The summed E-state index contributed by atoms with van der Waals surface area (Å²) in [4.78, 5) is 21.0. The molecule has 3 aromatic rings. The zero-order valence-electron chi connectivity index (χ0n) is 13.6. The average Bonchev–Trinajstić information content (AvgIpc) is 2.99. The van der Waals surface area contributed by atoms with E-state index in [1.54, 1.807) is 12.4 Å². The molecular formula is C19H19N3O2. The van der Waals surface area contributed by atoms with Crippen molar-refractivity contribution >= 4 is 22.6 Å². The predicted octanol–water partition coefficient (Wildman–Crippen LogP) is 3.10. The van der Waals surface area contributed by atoms with Crippen LogP contribution in [0.2, 0.25) is 0 Å². The number of nitrogens with zero attached hydrogens (tertiary/aromatic N) is 3. The van der Waals surface area contributed by atoms with E-state index in [0.717, 1.165) is 35.3 Å². The highest BCUT2D eigenvalue weighted by Crippen LogP contribution is 2.26. The minimum Gasteiger partial charge on any atom is -0.451 e. The third kappa shape index (κ3) is 2.52. The summed E-state index contributed by atoms with van der Waals surface area (Å²) in [5, 5.41) is 1.01. The first-order valence-electron chi connectivity index (χ1n) is 8.16. The van der Waals surface area contributed by atoms with Crippen LogP contribution >= 0.6 is 0 Å². The number of para-hydroxylation sites is 1. The normalized spacial score (nSPS) is 15.0. The van der Waals surface area contributed by atoms with Crippen LogP contribution in [0.25, 0.3) is 11.0 Å². The van der Waals surface area contributed by atoms with Gasteiger partial charge in [0.25, 0.3) is 5.91 Å². The van der Waals surface area contributed by atoms with E-state index in [0.29, 0.717) is 18.8 Å². The van der Waals surface area contributed by atoms with Gasteiger partial charge in [-0.2, -0.15) is 0 Å². The number of carbonyl (C=O) groups is 1. The Bertz CT molecular complexity index is 865. The standard InChI is InChI=1S/C19H19N3O2/c1-14-16-4-2-3-5-17(16)24-18(14)19(23)22-12-10-21(11-13-22)15-6-8-20-9-7-15/h2-9H,10-13H2,1H3. The molecule has 0 bridgehead atoms. The maximum atomic E-state index is 12.8. The summed E-state index contributed by atoms with van der Waals surface area (Å²) < 4.78 is 5.81. The second-order valence-electron chi connectivity index (χ2n) is 6.04. The second-order valence-corrected chi connectivity index (χ2v) is 6.04. The molecule has 1 saturated heterocycles. The van der Waals surface area contributed by atoms with Gasteiger partial charge in [-0.25, -0.2) is 0 Å². The van der Waals surface area contributed by atoms with Gasteiger partial charge in [0, 0.05) is 55.2 Å². The van der Waals surface area contributed by atoms with E-state index >= 15 is 0 Å². The zero-order valence-corrected chi connectivity index (χ0v) is 13.6. The fraction of sp³-hybridized carbons (Fsp3) is 0.263. The van der Waals surface area contributed by atoms with Crippen molar-refractivity contribution in [3.8, 4) is 0 Å². The molecule has 0 radical (unpaired) electrons. The Labute approximate surface area is 140 Å². The highest BCUT2D eigenvalue weighted by Gasteiger charge is 2.26. The molecule has 1 aromatic carbocycles. The van der Waals surface area contributed by atoms with Crippen LogP contribution in [0.15, 0.2) is 53.2 Å². The predicted molar refractivity (Wildman–Crippen MR) is 93.3 cm³/mol. The lowest BCUT2D eigenvalue weighted by molar-refractivity contribution is 0.0716. The number of piperazine rings is 1. The molecule has 1 aliphatic rings. The van der Waals surface area contributed by atoms with Gasteiger partial charge < -0.3 is 14.2 Å². The van der Waals surface area contributed by atoms with Gasteiger partial charge in [-0.1, -0.05) is 18.2 Å². The lowest BCUT2D eigenvalue weighted by Gasteiger charge is -2.35. The summed E-state index contributed by atoms with van der Waals surface area (Å²) in [6.07, 6.45) is 3.59. The number of fused-ring (bicyclic) bond motifs is 1. The summed E-state index contributed by atoms with van der Waals surface area (Å²) in [6, 6.07) is 11.8. The number of rotatable bonds is 2. The molecule has 4 rings (SSSR count). The first kappa shape index (κ1) is 14.8. The van der Waals surface area contributed by atoms with Crippen LogP contribution < -0.4 is 4.90 Å². The van der Waals surface area contributed by atoms with Crippen molar-refractivity contribution in [1.29, 1.82) is 0 Å². The Morgan fingerprint density at radius 1 is 1.04 bits per heavy atom. The number of aromatic nitrogens is 1. The number of carbonyl (C=O) groups excluding carboxylic acids is 1. The van der Waals surface area contributed by atoms with E-state index in [4.69, 9.17) is 4.42 Å². The number of hydrogen-bond donors (Lipinski definition) is 0. The fourth-order valence-electron chi connectivity index (χ4n) is 3.24. The number of benzene rings is 1. The minimum atomic E-state index is -0.0157. The van der Waals surface area contributed by atoms with E-state index in [1.807, 2.05) is 48.2 Å². The van der Waals surface area contributed by atoms with Crippen molar-refractivity contribution in [3.05, 3.63) is 60.1 Å². The molecule has 3 heterocycles. The number of amides is 1. The highest BCUT2D eigenvalue weighted by atomic mass is 16.3. The largest absolute Gasteiger partial charge is 0.451 e. The van der Waals surface area contributed by atoms with Crippen LogP contribution in [0, 0.1) is 6.92 Å². The van der Waals surface area contributed by atoms with Gasteiger partial charge in [-0.15, -0.1) is 0 Å². The van der Waals surface area contributed by atoms with Crippen molar-refractivity contribution in [2.24, 2.45) is 0 Å². The lowest BCUT2D eigenvalue weighted by atomic mass is 10.1. The molecule has 1 aliphatic heterocycles. The van der Waals surface area contributed by atoms with Crippen molar-refractivity contribution in [1.82, 2.24) is 9.88 Å². The molecule has 0 unspecified atom stereocenters. The Morgan fingerprint density at radius 3 is 2.46 bits per heavy atom. The first-order chi connectivity index (χ1) is 11.7. The summed E-state index contributed by atoms with van der Waals surface area (Å²) in [5.41, 5.74) is 2.85. The number of furan rings is 1. The number of anilines is 1. The van der Waals surface area contributed by atoms with Gasteiger partial charge in [0.1, 0.15) is 5.58 Å². The molecule has 0 spiro atoms. The summed E-state index contributed by atoms with van der Waals surface area (Å²) >= 11 is 0. The van der Waals surface area contributed by atoms with E-state index in [-0.39, 0.29) is 5.91 Å². The van der Waals surface area contributed by atoms with Gasteiger partial charge in [0.2, 0.25) is 0 Å². The SMILES string of the molecule is Cc1c(C(=O)N2CCN(c3ccncc3)CC2)oc2ccccc12. The molecular weight excluding hydrogens is 302 g/mol. The van der Waals surface area contributed by atoms with Gasteiger partial charge in [-0.05, 0) is 25.1 Å². The summed E-state index contributed by atoms with van der Waals surface area (Å²) in [5.74, 6) is 0.451. The number of pyridine rings is 1. The molecule has 5 nitrogen and oxygen atoms in total. The molecule has 122 valence electrons. The third-order valence-corrected chi connectivity index (χ3v) is 4.63. The van der Waals surface area contributed by atoms with E-state index in [2.05, 4.69) is 9.88 Å². The molecule has 1 fully saturated rings. The van der Waals surface area contributed by atoms with Crippen LogP contribution in [0.5, 0.6) is 0 Å². The van der Waals surface area contributed by atoms with Crippen LogP contribution in [0.1, 0.15) is 16.1 Å². The molecule has 0 saturated carbocycles. The Kier molecular flexibility index (Phi) is 3.69. The van der Waals surface area contributed by atoms with Crippen molar-refractivity contribution in [3.63, 3.8) is 0 Å². The third-order valence-electron chi connectivity index (χ3n) is 4.63. The molecule has 2 aromatic heterocycles. The number of hydrogen-bond acceptors (Lipinski definition) is 4. The Hall–Kier alpha value is -2.82. The summed E-state index contributed by atoms with van der Waals surface area (Å²) in [7, 11) is 0. The molecule has 5 heteroatoms. The van der Waals surface area contributed by atoms with Crippen molar-refractivity contribution < 1.29 is 9.21 Å². The maximum Gasteiger partial charge on any atom is 0.290 e. The van der Waals surface area contributed by atoms with E-state index in [1.165, 1.54) is 0 Å². The zero-order chi connectivity index (χ0) is 16.5. The fourth-order valence-corrected chi connectivity index (χ4v) is 3.24. The van der Waals surface area contributed by atoms with E-state index in [9.17, 15) is 4.79 Å². The van der Waals surface area contributed by atoms with Crippen molar-refractivity contribution in [2.75, 3.05) is 31.1 Å². The number of aryl methyl sites for hydroxylation is 1. The second kappa shape index (κ2) is 6.00. The van der Waals surface area contributed by atoms with Crippen LogP contribution in [-0.2, 0) is 0 Å². The van der Waals surface area contributed by atoms with Crippen LogP contribution in [0.4, 0.5) is 5.69 Å². The quantitative estimate of drug-likeness (QED) is 0.728. The van der Waals surface area contributed by atoms with Crippen molar-refractivity contribution in [2.45, 2.75) is 6.92 Å². The smallest absolute Gasteiger partial charge is 0.290 e. The average molecular weight is 321 g/mol. The molecule has 0 N–H and O–H groups in total. The first-order valence-corrected chi connectivity index (χ1v) is 8.16. The van der Waals surface area contributed by atoms with Gasteiger partial charge in [0.15, 0.2) is 5.76 Å². The van der Waals surface area contributed by atoms with Gasteiger partial charge >= 0.3 is 0 Å². The Morgan fingerprint density at radius 2 is 1.75 bits per heavy atom. The lowest BCUT2D eigenvalue weighted by Crippen LogP contribution is -2.48. The monoisotopic (exact) mass is 321 g/mol. The summed E-state index contributed by atoms with van der Waals surface area (Å²) in [6.45, 7) is 4.96. The minimum absolute atomic E-state index is 0.0157. The molecule has 0 aliphatic carbocycles. The molecule has 24 heavy (non-hydrogen) atoms. The van der Waals surface area contributed by atoms with Gasteiger partial charge in [0.05, 0.1) is 0 Å². The maximum absolute atomic E-state index is 12.8. The van der Waals surface area contributed by atoms with Crippen LogP contribution in [-0.4, -0.2) is 42.0 Å². The highest BCUT2D eigenvalue weighted by molar-refractivity contribution is 5.99. The van der Waals surface area contributed by atoms with Gasteiger partial charge in [-0.3, -0.25) is 9.78 Å². The Balaban J connectivity index is 1.51. The topological polar surface area (TPSA) is 49.6 Å². The molecule has 0 atom stereocenters. The molecule has 1 amide bonds.